The number of halogens is 3. The van der Waals surface area contributed by atoms with Gasteiger partial charge < -0.3 is 4.98 Å². The zero-order chi connectivity index (χ0) is 13.6. The fraction of sp³-hybridized carbons (Fsp3) is 0.364. The van der Waals surface area contributed by atoms with Crippen molar-refractivity contribution in [3.8, 4) is 0 Å². The SMILES string of the molecule is C[Si](C)(C)Nc1nc2ccc(C(F)(F)F)cc2s1. The van der Waals surface area contributed by atoms with Crippen molar-refractivity contribution in [1.82, 2.24) is 4.98 Å². The molecule has 0 radical (unpaired) electrons. The molecule has 0 aliphatic rings. The highest BCUT2D eigenvalue weighted by Crippen LogP contribution is 2.34. The number of hydrogen-bond donors (Lipinski definition) is 1. The second kappa shape index (κ2) is 4.24. The van der Waals surface area contributed by atoms with Crippen LogP contribution >= 0.6 is 11.3 Å². The minimum absolute atomic E-state index is 0.561. The molecule has 18 heavy (non-hydrogen) atoms. The summed E-state index contributed by atoms with van der Waals surface area (Å²) in [7, 11) is -1.54. The average Bonchev–Trinajstić information content (AvgIpc) is 2.53. The first-order valence-corrected chi connectivity index (χ1v) is 9.73. The molecule has 0 saturated carbocycles. The molecule has 0 unspecified atom stereocenters. The average molecular weight is 290 g/mol. The molecule has 1 heterocycles. The Labute approximate surface area is 108 Å². The van der Waals surface area contributed by atoms with Gasteiger partial charge in [-0.15, -0.1) is 0 Å². The van der Waals surface area contributed by atoms with Crippen LogP contribution in [0.4, 0.5) is 18.3 Å². The van der Waals surface area contributed by atoms with Crippen LogP contribution in [0.1, 0.15) is 5.56 Å². The number of hydrogen-bond acceptors (Lipinski definition) is 3. The number of alkyl halides is 3. The van der Waals surface area contributed by atoms with E-state index in [9.17, 15) is 13.2 Å². The van der Waals surface area contributed by atoms with Crippen LogP contribution < -0.4 is 4.98 Å². The van der Waals surface area contributed by atoms with Crippen LogP contribution in [0.3, 0.4) is 0 Å². The Morgan fingerprint density at radius 3 is 2.44 bits per heavy atom. The normalized spacial score (nSPS) is 13.0. The summed E-state index contributed by atoms with van der Waals surface area (Å²) < 4.78 is 38.3. The van der Waals surface area contributed by atoms with E-state index in [1.165, 1.54) is 17.4 Å². The molecular formula is C11H13F3N2SSi. The summed E-state index contributed by atoms with van der Waals surface area (Å²) in [5.74, 6) is 0. The molecule has 98 valence electrons. The number of thiazole rings is 1. The van der Waals surface area contributed by atoms with Crippen molar-refractivity contribution in [3.05, 3.63) is 23.8 Å². The molecule has 0 bridgehead atoms. The first-order chi connectivity index (χ1) is 8.15. The highest BCUT2D eigenvalue weighted by Gasteiger charge is 2.30. The van der Waals surface area contributed by atoms with Crippen molar-refractivity contribution < 1.29 is 13.2 Å². The van der Waals surface area contributed by atoms with Gasteiger partial charge in [-0.3, -0.25) is 0 Å². The first kappa shape index (κ1) is 13.4. The molecule has 2 nitrogen and oxygen atoms in total. The Morgan fingerprint density at radius 2 is 1.89 bits per heavy atom. The van der Waals surface area contributed by atoms with Crippen molar-refractivity contribution in [2.75, 3.05) is 4.98 Å². The second-order valence-electron chi connectivity index (χ2n) is 5.07. The molecule has 1 aromatic carbocycles. The largest absolute Gasteiger partial charge is 0.416 e. The summed E-state index contributed by atoms with van der Waals surface area (Å²) in [6.07, 6.45) is -4.30. The monoisotopic (exact) mass is 290 g/mol. The lowest BCUT2D eigenvalue weighted by Crippen LogP contribution is -2.31. The molecule has 1 aromatic heterocycles. The lowest BCUT2D eigenvalue weighted by molar-refractivity contribution is -0.137. The van der Waals surface area contributed by atoms with E-state index in [1.54, 1.807) is 0 Å². The van der Waals surface area contributed by atoms with Crippen molar-refractivity contribution in [2.45, 2.75) is 25.8 Å². The van der Waals surface area contributed by atoms with E-state index in [0.717, 1.165) is 12.1 Å². The Bertz CT molecular complexity index is 572. The molecule has 1 N–H and O–H groups in total. The maximum Gasteiger partial charge on any atom is 0.416 e. The molecule has 0 fully saturated rings. The van der Waals surface area contributed by atoms with Crippen molar-refractivity contribution in [3.63, 3.8) is 0 Å². The van der Waals surface area contributed by atoms with Crippen LogP contribution in [0.15, 0.2) is 18.2 Å². The van der Waals surface area contributed by atoms with E-state index in [4.69, 9.17) is 0 Å². The summed E-state index contributed by atoms with van der Waals surface area (Å²) in [5.41, 5.74) is -0.0213. The molecule has 2 aromatic rings. The molecule has 0 aliphatic carbocycles. The molecule has 7 heteroatoms. The zero-order valence-electron chi connectivity index (χ0n) is 10.2. The maximum atomic E-state index is 12.6. The van der Waals surface area contributed by atoms with E-state index in [0.29, 0.717) is 15.3 Å². The Kier molecular flexibility index (Phi) is 3.14. The summed E-state index contributed by atoms with van der Waals surface area (Å²) in [5, 5.41) is 0.698. The minimum Gasteiger partial charge on any atom is -0.388 e. The molecule has 0 spiro atoms. The molecule has 0 aliphatic heterocycles. The van der Waals surface area contributed by atoms with Gasteiger partial charge >= 0.3 is 6.18 Å². The molecule has 2 rings (SSSR count). The third kappa shape index (κ3) is 3.02. The van der Waals surface area contributed by atoms with Crippen molar-refractivity contribution >= 4 is 34.9 Å². The van der Waals surface area contributed by atoms with Gasteiger partial charge in [0.15, 0.2) is 5.13 Å². The summed E-state index contributed by atoms with van der Waals surface area (Å²) in [4.78, 5) is 7.59. The number of fused-ring (bicyclic) bond motifs is 1. The van der Waals surface area contributed by atoms with Gasteiger partial charge in [0.2, 0.25) is 0 Å². The Balaban J connectivity index is 2.40. The van der Waals surface area contributed by atoms with E-state index in [2.05, 4.69) is 29.6 Å². The lowest BCUT2D eigenvalue weighted by atomic mass is 10.2. The maximum absolute atomic E-state index is 12.6. The molecular weight excluding hydrogens is 277 g/mol. The second-order valence-corrected chi connectivity index (χ2v) is 10.9. The summed E-state index contributed by atoms with van der Waals surface area (Å²) in [6.45, 7) is 6.33. The van der Waals surface area contributed by atoms with Gasteiger partial charge in [-0.1, -0.05) is 31.0 Å². The van der Waals surface area contributed by atoms with Gasteiger partial charge in [0.25, 0.3) is 0 Å². The van der Waals surface area contributed by atoms with Crippen LogP contribution in [0.25, 0.3) is 10.2 Å². The smallest absolute Gasteiger partial charge is 0.388 e. The highest BCUT2D eigenvalue weighted by molar-refractivity contribution is 7.22. The number of benzene rings is 1. The number of nitrogens with one attached hydrogen (secondary N) is 1. The van der Waals surface area contributed by atoms with Gasteiger partial charge in [-0.2, -0.15) is 13.2 Å². The van der Waals surface area contributed by atoms with Crippen LogP contribution in [-0.4, -0.2) is 13.2 Å². The lowest BCUT2D eigenvalue weighted by Gasteiger charge is -2.16. The van der Waals surface area contributed by atoms with Gasteiger partial charge in [-0.05, 0) is 18.2 Å². The Hall–Kier alpha value is -1.08. The Morgan fingerprint density at radius 1 is 1.22 bits per heavy atom. The minimum atomic E-state index is -4.30. The fourth-order valence-electron chi connectivity index (χ4n) is 1.48. The highest BCUT2D eigenvalue weighted by atomic mass is 32.1. The van der Waals surface area contributed by atoms with Crippen LogP contribution in [-0.2, 0) is 6.18 Å². The standard InChI is InChI=1S/C11H13F3N2SSi/c1-18(2,3)16-10-15-8-5-4-7(11(12,13)14)6-9(8)17-10/h4-6H,1-3H3,(H,15,16). The van der Waals surface area contributed by atoms with Crippen LogP contribution in [0.2, 0.25) is 19.6 Å². The fourth-order valence-corrected chi connectivity index (χ4v) is 4.05. The third-order valence-corrected chi connectivity index (χ3v) is 4.30. The third-order valence-electron chi connectivity index (χ3n) is 2.20. The molecule has 0 amide bonds. The number of aromatic nitrogens is 1. The van der Waals surface area contributed by atoms with E-state index >= 15 is 0 Å². The first-order valence-electron chi connectivity index (χ1n) is 5.41. The zero-order valence-corrected chi connectivity index (χ0v) is 12.0. The van der Waals surface area contributed by atoms with Gasteiger partial charge in [0, 0.05) is 0 Å². The van der Waals surface area contributed by atoms with Crippen LogP contribution in [0, 0.1) is 0 Å². The predicted octanol–water partition coefficient (Wildman–Crippen LogP) is 4.56. The summed E-state index contributed by atoms with van der Waals surface area (Å²) in [6, 6.07) is 3.65. The summed E-state index contributed by atoms with van der Waals surface area (Å²) >= 11 is 1.27. The van der Waals surface area contributed by atoms with E-state index < -0.39 is 20.0 Å². The van der Waals surface area contributed by atoms with Gasteiger partial charge in [0.05, 0.1) is 15.8 Å². The molecule has 0 atom stereocenters. The molecule has 0 saturated heterocycles. The number of anilines is 1. The predicted molar refractivity (Wildman–Crippen MR) is 71.6 cm³/mol. The quantitative estimate of drug-likeness (QED) is 0.820. The van der Waals surface area contributed by atoms with Crippen molar-refractivity contribution in [2.24, 2.45) is 0 Å². The van der Waals surface area contributed by atoms with Gasteiger partial charge in [0.1, 0.15) is 8.24 Å². The van der Waals surface area contributed by atoms with Crippen LogP contribution in [0.5, 0.6) is 0 Å². The van der Waals surface area contributed by atoms with E-state index in [1.807, 2.05) is 0 Å². The number of nitrogens with zero attached hydrogens (tertiary/aromatic N) is 1. The van der Waals surface area contributed by atoms with Gasteiger partial charge in [-0.25, -0.2) is 4.98 Å². The van der Waals surface area contributed by atoms with Crippen molar-refractivity contribution in [1.29, 1.82) is 0 Å². The number of rotatable bonds is 2. The van der Waals surface area contributed by atoms with E-state index in [-0.39, 0.29) is 0 Å². The topological polar surface area (TPSA) is 24.9 Å².